The Morgan fingerprint density at radius 3 is 2.17 bits per heavy atom. The highest BCUT2D eigenvalue weighted by molar-refractivity contribution is 6.31. The van der Waals surface area contributed by atoms with Gasteiger partial charge in [-0.25, -0.2) is 0 Å². The Morgan fingerprint density at radius 1 is 0.913 bits per heavy atom. The SMILES string of the molecule is CC.CC(C1=CC=CCC1)(c1ccccc1)c1ccccc1Cl. The molecule has 23 heavy (non-hydrogen) atoms. The summed E-state index contributed by atoms with van der Waals surface area (Å²) in [5.41, 5.74) is 3.72. The summed E-state index contributed by atoms with van der Waals surface area (Å²) >= 11 is 6.53. The average Bonchev–Trinajstić information content (AvgIpc) is 2.64. The van der Waals surface area contributed by atoms with Crippen molar-refractivity contribution >= 4 is 11.6 Å². The van der Waals surface area contributed by atoms with Crippen LogP contribution >= 0.6 is 11.6 Å². The van der Waals surface area contributed by atoms with Gasteiger partial charge in [0.1, 0.15) is 0 Å². The molecule has 2 aromatic rings. The zero-order valence-corrected chi connectivity index (χ0v) is 15.0. The molecular formula is C22H25Cl. The molecule has 0 spiro atoms. The van der Waals surface area contributed by atoms with Crippen LogP contribution < -0.4 is 0 Å². The van der Waals surface area contributed by atoms with Gasteiger partial charge >= 0.3 is 0 Å². The normalized spacial score (nSPS) is 15.9. The quantitative estimate of drug-likeness (QED) is 0.573. The molecule has 0 radical (unpaired) electrons. The van der Waals surface area contributed by atoms with Crippen LogP contribution in [0.25, 0.3) is 0 Å². The Labute approximate surface area is 145 Å². The first kappa shape index (κ1) is 17.6. The molecule has 1 heteroatoms. The molecule has 0 aromatic heterocycles. The molecule has 1 unspecified atom stereocenters. The first-order chi connectivity index (χ1) is 11.2. The van der Waals surface area contributed by atoms with E-state index in [4.69, 9.17) is 11.6 Å². The van der Waals surface area contributed by atoms with E-state index in [1.807, 2.05) is 26.0 Å². The number of hydrogen-bond acceptors (Lipinski definition) is 0. The van der Waals surface area contributed by atoms with Gasteiger partial charge in [-0.2, -0.15) is 0 Å². The van der Waals surface area contributed by atoms with Gasteiger partial charge in [-0.3, -0.25) is 0 Å². The lowest BCUT2D eigenvalue weighted by molar-refractivity contribution is 0.634. The van der Waals surface area contributed by atoms with Crippen molar-refractivity contribution in [3.63, 3.8) is 0 Å². The van der Waals surface area contributed by atoms with Crippen molar-refractivity contribution in [2.75, 3.05) is 0 Å². The molecule has 0 heterocycles. The number of benzene rings is 2. The van der Waals surface area contributed by atoms with Crippen LogP contribution in [-0.4, -0.2) is 0 Å². The Kier molecular flexibility index (Phi) is 6.24. The molecule has 0 saturated heterocycles. The summed E-state index contributed by atoms with van der Waals surface area (Å²) in [4.78, 5) is 0. The second-order valence-corrected chi connectivity index (χ2v) is 6.04. The summed E-state index contributed by atoms with van der Waals surface area (Å²) < 4.78 is 0. The van der Waals surface area contributed by atoms with Gasteiger partial charge in [0, 0.05) is 10.4 Å². The zero-order chi connectivity index (χ0) is 16.7. The van der Waals surface area contributed by atoms with Crippen LogP contribution in [0.1, 0.15) is 44.7 Å². The third-order valence-corrected chi connectivity index (χ3v) is 4.75. The minimum atomic E-state index is -0.176. The highest BCUT2D eigenvalue weighted by atomic mass is 35.5. The van der Waals surface area contributed by atoms with E-state index in [0.717, 1.165) is 17.9 Å². The molecule has 3 rings (SSSR count). The van der Waals surface area contributed by atoms with E-state index in [-0.39, 0.29) is 5.41 Å². The van der Waals surface area contributed by atoms with E-state index >= 15 is 0 Å². The summed E-state index contributed by atoms with van der Waals surface area (Å²) in [6.07, 6.45) is 8.81. The zero-order valence-electron chi connectivity index (χ0n) is 14.2. The summed E-state index contributed by atoms with van der Waals surface area (Å²) in [6, 6.07) is 18.9. The lowest BCUT2D eigenvalue weighted by Gasteiger charge is -2.35. The maximum atomic E-state index is 6.53. The van der Waals surface area contributed by atoms with Crippen molar-refractivity contribution < 1.29 is 0 Å². The standard InChI is InChI=1S/C20H19Cl.C2H6/c1-20(16-10-4-2-5-11-16,17-12-6-3-7-13-17)18-14-8-9-15-19(18)21;1-2/h2-6,8-12,14-15H,7,13H2,1H3;1-2H3. The molecule has 0 nitrogen and oxygen atoms in total. The van der Waals surface area contributed by atoms with Crippen molar-refractivity contribution in [1.29, 1.82) is 0 Å². The smallest absolute Gasteiger partial charge is 0.0450 e. The van der Waals surface area contributed by atoms with Crippen LogP contribution in [0.4, 0.5) is 0 Å². The van der Waals surface area contributed by atoms with Crippen LogP contribution in [0.3, 0.4) is 0 Å². The van der Waals surface area contributed by atoms with Crippen LogP contribution in [-0.2, 0) is 5.41 Å². The second-order valence-electron chi connectivity index (χ2n) is 5.63. The number of rotatable bonds is 3. The molecule has 0 saturated carbocycles. The van der Waals surface area contributed by atoms with Crippen molar-refractivity contribution in [2.45, 2.75) is 39.0 Å². The number of halogens is 1. The third-order valence-electron chi connectivity index (χ3n) is 4.42. The predicted molar refractivity (Wildman–Crippen MR) is 102 cm³/mol. The Balaban J connectivity index is 0.000000924. The van der Waals surface area contributed by atoms with E-state index in [9.17, 15) is 0 Å². The number of hydrogen-bond donors (Lipinski definition) is 0. The molecule has 120 valence electrons. The van der Waals surface area contributed by atoms with E-state index in [0.29, 0.717) is 0 Å². The fourth-order valence-electron chi connectivity index (χ4n) is 3.17. The Hall–Kier alpha value is -1.79. The highest BCUT2D eigenvalue weighted by Crippen LogP contribution is 2.44. The van der Waals surface area contributed by atoms with Crippen molar-refractivity contribution in [3.05, 3.63) is 94.5 Å². The first-order valence-corrected chi connectivity index (χ1v) is 8.77. The van der Waals surface area contributed by atoms with Crippen LogP contribution in [0.5, 0.6) is 0 Å². The maximum absolute atomic E-state index is 6.53. The molecule has 0 aliphatic heterocycles. The second kappa shape index (κ2) is 8.17. The number of allylic oxidation sites excluding steroid dienone is 4. The molecule has 0 N–H and O–H groups in total. The van der Waals surface area contributed by atoms with Gasteiger partial charge in [-0.05, 0) is 37.0 Å². The predicted octanol–water partition coefficient (Wildman–Crippen LogP) is 6.95. The summed E-state index contributed by atoms with van der Waals surface area (Å²) in [5.74, 6) is 0. The molecule has 1 aliphatic carbocycles. The van der Waals surface area contributed by atoms with Crippen molar-refractivity contribution in [2.24, 2.45) is 0 Å². The Bertz CT molecular complexity index is 682. The molecule has 0 bridgehead atoms. The minimum absolute atomic E-state index is 0.176. The average molecular weight is 325 g/mol. The fourth-order valence-corrected chi connectivity index (χ4v) is 3.50. The van der Waals surface area contributed by atoms with Crippen molar-refractivity contribution in [3.8, 4) is 0 Å². The van der Waals surface area contributed by atoms with Crippen LogP contribution in [0.15, 0.2) is 78.4 Å². The molecular weight excluding hydrogens is 300 g/mol. The van der Waals surface area contributed by atoms with Gasteiger partial charge in [-0.15, -0.1) is 0 Å². The largest absolute Gasteiger partial charge is 0.0842 e. The van der Waals surface area contributed by atoms with Gasteiger partial charge in [0.2, 0.25) is 0 Å². The van der Waals surface area contributed by atoms with E-state index in [1.54, 1.807) is 0 Å². The highest BCUT2D eigenvalue weighted by Gasteiger charge is 2.34. The molecule has 2 aromatic carbocycles. The third kappa shape index (κ3) is 3.59. The fraction of sp³-hybridized carbons (Fsp3) is 0.273. The molecule has 0 fully saturated rings. The van der Waals surface area contributed by atoms with Gasteiger partial charge in [0.25, 0.3) is 0 Å². The van der Waals surface area contributed by atoms with E-state index < -0.39 is 0 Å². The van der Waals surface area contributed by atoms with Gasteiger partial charge in [0.15, 0.2) is 0 Å². The Morgan fingerprint density at radius 2 is 1.57 bits per heavy atom. The van der Waals surface area contributed by atoms with Gasteiger partial charge in [-0.1, -0.05) is 97.8 Å². The maximum Gasteiger partial charge on any atom is 0.0450 e. The van der Waals surface area contributed by atoms with Crippen LogP contribution in [0, 0.1) is 0 Å². The van der Waals surface area contributed by atoms with E-state index in [2.05, 4.69) is 67.6 Å². The first-order valence-electron chi connectivity index (χ1n) is 8.39. The lowest BCUT2D eigenvalue weighted by atomic mass is 9.68. The van der Waals surface area contributed by atoms with Crippen molar-refractivity contribution in [1.82, 2.24) is 0 Å². The van der Waals surface area contributed by atoms with Gasteiger partial charge < -0.3 is 0 Å². The topological polar surface area (TPSA) is 0 Å². The monoisotopic (exact) mass is 324 g/mol. The summed E-state index contributed by atoms with van der Waals surface area (Å²) in [7, 11) is 0. The minimum Gasteiger partial charge on any atom is -0.0842 e. The molecule has 1 atom stereocenters. The van der Waals surface area contributed by atoms with E-state index in [1.165, 1.54) is 16.7 Å². The van der Waals surface area contributed by atoms with Crippen LogP contribution in [0.2, 0.25) is 5.02 Å². The lowest BCUT2D eigenvalue weighted by Crippen LogP contribution is -2.27. The molecule has 1 aliphatic rings. The summed E-state index contributed by atoms with van der Waals surface area (Å²) in [5, 5.41) is 0.833. The molecule has 0 amide bonds. The summed E-state index contributed by atoms with van der Waals surface area (Å²) in [6.45, 7) is 6.29. The van der Waals surface area contributed by atoms with Gasteiger partial charge in [0.05, 0.1) is 0 Å².